The third-order valence-corrected chi connectivity index (χ3v) is 6.87. The summed E-state index contributed by atoms with van der Waals surface area (Å²) in [4.78, 5) is 27.9. The van der Waals surface area contributed by atoms with Crippen LogP contribution in [0.25, 0.3) is 0 Å². The molecule has 0 bridgehead atoms. The van der Waals surface area contributed by atoms with Crippen molar-refractivity contribution in [1.82, 2.24) is 4.90 Å². The standard InChI is InChI=1S/C27H31F3N2O5/c1-16(2)12-17-4-5-19(24(13-17)37-27(28,29)30)15-36-20-6-7-21-18(14-20)10-11-32(21)25(33)22-8-9-23(26(34)35)31(22)3/h4-7,13-14,16,22-23H,8-12,15H2,1-3H3,(H,34,35)/t22-,23-/m0/s1. The molecular formula is C27H31F3N2O5. The van der Waals surface area contributed by atoms with Gasteiger partial charge in [-0.3, -0.25) is 14.5 Å². The van der Waals surface area contributed by atoms with E-state index in [1.54, 1.807) is 47.2 Å². The second-order valence-electron chi connectivity index (χ2n) is 10.0. The van der Waals surface area contributed by atoms with Crippen LogP contribution in [0, 0.1) is 5.92 Å². The molecule has 0 radical (unpaired) electrons. The topological polar surface area (TPSA) is 79.3 Å². The Kier molecular flexibility index (Phi) is 7.68. The molecule has 200 valence electrons. The van der Waals surface area contributed by atoms with Gasteiger partial charge in [0.15, 0.2) is 0 Å². The van der Waals surface area contributed by atoms with E-state index in [1.807, 2.05) is 13.8 Å². The van der Waals surface area contributed by atoms with Crippen molar-refractivity contribution in [3.05, 3.63) is 53.1 Å². The Morgan fingerprint density at radius 2 is 1.84 bits per heavy atom. The summed E-state index contributed by atoms with van der Waals surface area (Å²) in [7, 11) is 1.66. The molecule has 2 aromatic rings. The molecule has 2 heterocycles. The molecule has 0 aliphatic carbocycles. The third-order valence-electron chi connectivity index (χ3n) is 6.87. The van der Waals surface area contributed by atoms with Gasteiger partial charge in [-0.1, -0.05) is 26.0 Å². The monoisotopic (exact) mass is 520 g/mol. The van der Waals surface area contributed by atoms with Crippen molar-refractivity contribution in [3.8, 4) is 11.5 Å². The van der Waals surface area contributed by atoms with Crippen molar-refractivity contribution in [2.24, 2.45) is 5.92 Å². The maximum Gasteiger partial charge on any atom is 0.573 e. The van der Waals surface area contributed by atoms with Crippen LogP contribution in [0.2, 0.25) is 0 Å². The van der Waals surface area contributed by atoms with Gasteiger partial charge in [-0.2, -0.15) is 0 Å². The summed E-state index contributed by atoms with van der Waals surface area (Å²) in [5.41, 5.74) is 2.66. The predicted octanol–water partition coefficient (Wildman–Crippen LogP) is 4.80. The first-order valence-electron chi connectivity index (χ1n) is 12.3. The molecule has 2 aliphatic rings. The van der Waals surface area contributed by atoms with Gasteiger partial charge < -0.3 is 19.5 Å². The van der Waals surface area contributed by atoms with Crippen molar-refractivity contribution in [1.29, 1.82) is 0 Å². The number of rotatable bonds is 8. The third kappa shape index (κ3) is 6.18. The average molecular weight is 521 g/mol. The summed E-state index contributed by atoms with van der Waals surface area (Å²) in [5.74, 6) is -0.578. The number of anilines is 1. The number of aliphatic carboxylic acids is 1. The highest BCUT2D eigenvalue weighted by atomic mass is 19.4. The van der Waals surface area contributed by atoms with Crippen LogP contribution in [0.15, 0.2) is 36.4 Å². The van der Waals surface area contributed by atoms with Gasteiger partial charge in [0.1, 0.15) is 24.1 Å². The Balaban J connectivity index is 1.46. The molecule has 2 aliphatic heterocycles. The zero-order valence-corrected chi connectivity index (χ0v) is 21.0. The van der Waals surface area contributed by atoms with Crippen LogP contribution < -0.4 is 14.4 Å². The first-order chi connectivity index (χ1) is 17.4. The normalized spacial score (nSPS) is 19.8. The molecule has 7 nitrogen and oxygen atoms in total. The highest BCUT2D eigenvalue weighted by molar-refractivity contribution is 5.99. The summed E-state index contributed by atoms with van der Waals surface area (Å²) in [6.45, 7) is 4.34. The lowest BCUT2D eigenvalue weighted by atomic mass is 10.0. The van der Waals surface area contributed by atoms with Gasteiger partial charge in [0.2, 0.25) is 5.91 Å². The quantitative estimate of drug-likeness (QED) is 0.539. The van der Waals surface area contributed by atoms with Gasteiger partial charge in [0, 0.05) is 17.8 Å². The van der Waals surface area contributed by atoms with E-state index in [2.05, 4.69) is 4.74 Å². The molecule has 4 rings (SSSR count). The number of fused-ring (bicyclic) bond motifs is 1. The molecule has 1 N–H and O–H groups in total. The first-order valence-corrected chi connectivity index (χ1v) is 12.3. The summed E-state index contributed by atoms with van der Waals surface area (Å²) < 4.78 is 49.1. The van der Waals surface area contributed by atoms with Gasteiger partial charge in [-0.05, 0) is 74.0 Å². The second kappa shape index (κ2) is 10.6. The van der Waals surface area contributed by atoms with Crippen LogP contribution in [-0.2, 0) is 29.0 Å². The smallest absolute Gasteiger partial charge is 0.489 e. The Labute approximate surface area is 213 Å². The van der Waals surface area contributed by atoms with E-state index in [0.717, 1.165) is 16.8 Å². The van der Waals surface area contributed by atoms with E-state index in [1.165, 1.54) is 6.07 Å². The lowest BCUT2D eigenvalue weighted by Crippen LogP contribution is -2.47. The van der Waals surface area contributed by atoms with Crippen molar-refractivity contribution < 1.29 is 37.3 Å². The molecule has 0 spiro atoms. The number of hydrogen-bond donors (Lipinski definition) is 1. The molecule has 1 fully saturated rings. The van der Waals surface area contributed by atoms with Gasteiger partial charge in [-0.25, -0.2) is 0 Å². The number of halogens is 3. The maximum atomic E-state index is 13.2. The summed E-state index contributed by atoms with van der Waals surface area (Å²) >= 11 is 0. The number of carbonyl (C=O) groups is 2. The molecule has 1 amide bonds. The fourth-order valence-corrected chi connectivity index (χ4v) is 5.11. The van der Waals surface area contributed by atoms with E-state index >= 15 is 0 Å². The lowest BCUT2D eigenvalue weighted by Gasteiger charge is -2.27. The molecule has 2 atom stereocenters. The predicted molar refractivity (Wildman–Crippen MR) is 131 cm³/mol. The number of likely N-dealkylation sites (tertiary alicyclic amines) is 1. The average Bonchev–Trinajstić information content (AvgIpc) is 3.40. The number of carboxylic acids is 1. The van der Waals surface area contributed by atoms with Crippen LogP contribution in [0.4, 0.5) is 18.9 Å². The minimum atomic E-state index is -4.81. The van der Waals surface area contributed by atoms with Crippen LogP contribution >= 0.6 is 0 Å². The number of nitrogens with zero attached hydrogens (tertiary/aromatic N) is 2. The number of likely N-dealkylation sites (N-methyl/N-ethyl adjacent to an activating group) is 1. The number of hydrogen-bond acceptors (Lipinski definition) is 5. The molecular weight excluding hydrogens is 489 g/mol. The van der Waals surface area contributed by atoms with E-state index in [0.29, 0.717) is 38.0 Å². The van der Waals surface area contributed by atoms with Crippen molar-refractivity contribution in [2.45, 2.75) is 64.6 Å². The van der Waals surface area contributed by atoms with Gasteiger partial charge in [-0.15, -0.1) is 13.2 Å². The molecule has 0 aromatic heterocycles. The van der Waals surface area contributed by atoms with Gasteiger partial charge >= 0.3 is 12.3 Å². The Bertz CT molecular complexity index is 1170. The highest BCUT2D eigenvalue weighted by Gasteiger charge is 2.42. The zero-order chi connectivity index (χ0) is 26.9. The zero-order valence-electron chi connectivity index (χ0n) is 21.0. The fraction of sp³-hybridized carbons (Fsp3) is 0.481. The van der Waals surface area contributed by atoms with E-state index in [9.17, 15) is 27.9 Å². The largest absolute Gasteiger partial charge is 0.573 e. The van der Waals surface area contributed by atoms with Crippen LogP contribution in [0.5, 0.6) is 11.5 Å². The molecule has 10 heteroatoms. The van der Waals surface area contributed by atoms with E-state index in [4.69, 9.17) is 4.74 Å². The number of carboxylic acid groups (broad SMARTS) is 1. The second-order valence-corrected chi connectivity index (χ2v) is 10.0. The molecule has 0 saturated carbocycles. The molecule has 2 aromatic carbocycles. The van der Waals surface area contributed by atoms with Crippen molar-refractivity contribution in [3.63, 3.8) is 0 Å². The van der Waals surface area contributed by atoms with Gasteiger partial charge in [0.25, 0.3) is 0 Å². The molecule has 37 heavy (non-hydrogen) atoms. The van der Waals surface area contributed by atoms with Gasteiger partial charge in [0.05, 0.1) is 6.04 Å². The number of amides is 1. The number of ether oxygens (including phenoxy) is 2. The van der Waals surface area contributed by atoms with Crippen molar-refractivity contribution >= 4 is 17.6 Å². The number of carbonyl (C=O) groups excluding carboxylic acids is 1. The van der Waals surface area contributed by atoms with E-state index < -0.39 is 24.4 Å². The molecule has 0 unspecified atom stereocenters. The fourth-order valence-electron chi connectivity index (χ4n) is 5.11. The van der Waals surface area contributed by atoms with Crippen LogP contribution in [-0.4, -0.2) is 53.9 Å². The minimum Gasteiger partial charge on any atom is -0.489 e. The first kappa shape index (κ1) is 26.8. The summed E-state index contributed by atoms with van der Waals surface area (Å²) in [5, 5.41) is 9.35. The van der Waals surface area contributed by atoms with Crippen LogP contribution in [0.3, 0.4) is 0 Å². The molecule has 1 saturated heterocycles. The number of benzene rings is 2. The SMILES string of the molecule is CC(C)Cc1ccc(COc2ccc3c(c2)CCN3C(=O)[C@@H]2CC[C@@H](C(=O)O)N2C)c(OC(F)(F)F)c1. The van der Waals surface area contributed by atoms with E-state index in [-0.39, 0.29) is 29.7 Å². The Morgan fingerprint density at radius 3 is 2.49 bits per heavy atom. The Morgan fingerprint density at radius 1 is 1.11 bits per heavy atom. The minimum absolute atomic E-state index is 0.113. The highest BCUT2D eigenvalue weighted by Crippen LogP contribution is 2.35. The number of alkyl halides is 3. The summed E-state index contributed by atoms with van der Waals surface area (Å²) in [6, 6.07) is 8.86. The summed E-state index contributed by atoms with van der Waals surface area (Å²) in [6.07, 6.45) is -2.68. The maximum absolute atomic E-state index is 13.2. The van der Waals surface area contributed by atoms with Crippen LogP contribution in [0.1, 0.15) is 43.4 Å². The van der Waals surface area contributed by atoms with Crippen molar-refractivity contribution in [2.75, 3.05) is 18.5 Å². The Hall–Kier alpha value is -3.27. The lowest BCUT2D eigenvalue weighted by molar-refractivity contribution is -0.275.